The van der Waals surface area contributed by atoms with Crippen LogP contribution in [0.3, 0.4) is 0 Å². The first-order chi connectivity index (χ1) is 50.1. The first-order valence-electron chi connectivity index (χ1n) is 38.2. The number of carbonyl (C=O) groups is 4. The van der Waals surface area contributed by atoms with E-state index in [1.165, 1.54) is 84.0 Å². The molecule has 0 radical (unpaired) electrons. The van der Waals surface area contributed by atoms with Gasteiger partial charge in [-0.15, -0.1) is 35.9 Å². The second-order valence-corrected chi connectivity index (χ2v) is 34.5. The summed E-state index contributed by atoms with van der Waals surface area (Å²) in [5.74, 6) is 2.03. The van der Waals surface area contributed by atoms with Crippen molar-refractivity contribution in [2.24, 2.45) is 11.8 Å². The summed E-state index contributed by atoms with van der Waals surface area (Å²) in [4.78, 5) is 53.1. The molecule has 0 bridgehead atoms. The molecule has 7 aromatic rings. The number of methoxy groups -OCH3 is 2. The van der Waals surface area contributed by atoms with Crippen LogP contribution in [0.2, 0.25) is 0 Å². The first kappa shape index (κ1) is 88.8. The van der Waals surface area contributed by atoms with Gasteiger partial charge in [-0.2, -0.15) is 0 Å². The Bertz CT molecular complexity index is 3940. The zero-order valence-electron chi connectivity index (χ0n) is 66.8. The summed E-state index contributed by atoms with van der Waals surface area (Å²) in [6.07, 6.45) is 17.5. The number of carbonyl (C=O) groups excluding carboxylic acids is 4. The third-order valence-corrected chi connectivity index (χ3v) is 24.4. The Hall–Kier alpha value is -7.15. The second kappa shape index (κ2) is 42.2. The second-order valence-electron chi connectivity index (χ2n) is 30.9. The van der Waals surface area contributed by atoms with E-state index in [1.54, 1.807) is 15.1 Å². The Kier molecular flexibility index (Phi) is 35.0. The summed E-state index contributed by atoms with van der Waals surface area (Å²) in [7, 11) is 2.60. The third kappa shape index (κ3) is 24.9. The minimum absolute atomic E-state index is 0. The van der Waals surface area contributed by atoms with Crippen molar-refractivity contribution in [3.8, 4) is 33.8 Å². The molecule has 11 rings (SSSR count). The van der Waals surface area contributed by atoms with Crippen molar-refractivity contribution in [3.63, 3.8) is 0 Å². The van der Waals surface area contributed by atoms with Crippen LogP contribution in [-0.2, 0) is 44.2 Å². The number of benzene rings is 6. The molecule has 584 valence electrons. The Balaban J connectivity index is 0.000000230. The Labute approximate surface area is 664 Å². The van der Waals surface area contributed by atoms with Crippen LogP contribution in [0.1, 0.15) is 208 Å². The normalized spacial score (nSPS) is 16.1. The van der Waals surface area contributed by atoms with E-state index < -0.39 is 11.2 Å². The molecule has 2 aliphatic heterocycles. The summed E-state index contributed by atoms with van der Waals surface area (Å²) in [6.45, 7) is 30.7. The molecule has 2 saturated carbocycles. The Morgan fingerprint density at radius 3 is 1.57 bits per heavy atom. The molecule has 3 N–H and O–H groups in total. The summed E-state index contributed by atoms with van der Waals surface area (Å²) in [5.41, 5.74) is 16.7. The van der Waals surface area contributed by atoms with E-state index in [1.807, 2.05) is 146 Å². The molecular weight excluding hydrogens is 1520 g/mol. The van der Waals surface area contributed by atoms with Crippen molar-refractivity contribution in [1.82, 2.24) is 19.7 Å². The van der Waals surface area contributed by atoms with E-state index in [0.29, 0.717) is 49.2 Å². The molecule has 15 nitrogen and oxygen atoms in total. The van der Waals surface area contributed by atoms with Gasteiger partial charge in [0, 0.05) is 70.6 Å². The van der Waals surface area contributed by atoms with Gasteiger partial charge in [0.25, 0.3) is 0 Å². The standard InChI is InChI=1S/C30H43O2P.C23H33BrN2O4.C23H32N2O4.C12H10N.CH3.Pd/c1-22(2)31-27-19-13-20-28(32-23(3)4)30(27)26-18-11-12-21-29(26)33(24-14-7-5-8-15-24)25-16-9-6-10-17-25;1-15(17-11-13-26(14-12-17)22(28)30-23(3,4)5)25-16(2)20(21(27)29-6)18-9-7-8-10-19(18)24;1-15(17-11-13-24(14-12-17)22(27)29-23(3,4)5)25-16(2)20(21(26)28-6)18-9-7-8-10-19(18)25;13-12-9-5-4-8-11(12)10-6-2-1-3-7-10;;/h11-13,18-25H,5-10,14-17H2,1-4H3;7-10,15,17,25H,11-14H2,1-6H3;7-10,15,17H,11-14H2,1-6H3;1-6,8-9H,13H2;1H3;/q;;;2*-1;+2/b;20-16-;;;;. The van der Waals surface area contributed by atoms with Gasteiger partial charge in [0.05, 0.1) is 43.1 Å². The number of halogens is 1. The number of rotatable bonds is 17. The number of aromatic nitrogens is 1. The van der Waals surface area contributed by atoms with Crippen LogP contribution in [0.25, 0.3) is 38.7 Å². The van der Waals surface area contributed by atoms with E-state index >= 15 is 0 Å². The van der Waals surface area contributed by atoms with Crippen molar-refractivity contribution >= 4 is 75.4 Å². The molecule has 6 aromatic carbocycles. The van der Waals surface area contributed by atoms with Crippen molar-refractivity contribution in [3.05, 3.63) is 180 Å². The number of likely N-dealkylation sites (tertiary alicyclic amines) is 2. The molecule has 0 spiro atoms. The van der Waals surface area contributed by atoms with Crippen LogP contribution in [0.4, 0.5) is 15.3 Å². The number of amides is 2. The molecule has 107 heavy (non-hydrogen) atoms. The van der Waals surface area contributed by atoms with Gasteiger partial charge in [0.2, 0.25) is 0 Å². The van der Waals surface area contributed by atoms with Crippen LogP contribution in [0.15, 0.2) is 150 Å². The van der Waals surface area contributed by atoms with Gasteiger partial charge in [0.15, 0.2) is 0 Å². The maximum absolute atomic E-state index is 12.5. The molecule has 2 amide bonds. The number of piperidine rings is 2. The van der Waals surface area contributed by atoms with Crippen molar-refractivity contribution in [2.75, 3.05) is 46.1 Å². The average molecular weight is 1640 g/mol. The van der Waals surface area contributed by atoms with E-state index in [9.17, 15) is 19.2 Å². The third-order valence-electron chi connectivity index (χ3n) is 20.1. The summed E-state index contributed by atoms with van der Waals surface area (Å²) >= 11 is 3.53. The number of hydrogen-bond acceptors (Lipinski definition) is 12. The SMILES string of the molecule is CC(C)Oc1cccc(OC(C)C)c1-c1ccccc1P(C1CCCCC1)C1CCCCC1.COC(=O)/C(=C(/C)NC(C)C1CCN(C(=O)OC(C)(C)C)CC1)c1ccccc1Br.COC(=O)c1c(C)n(C(C)C2CCN(C(=O)OC(C)(C)C)CC2)c2ccccc12.Nc1ccccc1-c1[c-]cccc1.[CH3-].[Pd+2]. The topological polar surface area (TPSA) is 173 Å². The number of ether oxygens (including phenoxy) is 6. The summed E-state index contributed by atoms with van der Waals surface area (Å²) < 4.78 is 36.9. The molecule has 18 heteroatoms. The van der Waals surface area contributed by atoms with E-state index in [4.69, 9.17) is 34.2 Å². The van der Waals surface area contributed by atoms with Gasteiger partial charge in [0.1, 0.15) is 22.7 Å². The van der Waals surface area contributed by atoms with Crippen molar-refractivity contribution in [1.29, 1.82) is 0 Å². The molecule has 2 saturated heterocycles. The number of para-hydroxylation sites is 2. The smallest absolute Gasteiger partial charge is 0.490 e. The monoisotopic (exact) mass is 1640 g/mol. The first-order valence-corrected chi connectivity index (χ1v) is 40.5. The quantitative estimate of drug-likeness (QED) is 0.0168. The van der Waals surface area contributed by atoms with Crippen molar-refractivity contribution < 1.29 is 68.0 Å². The molecular formula is C89H121BrN5O10PPd. The van der Waals surface area contributed by atoms with Gasteiger partial charge in [-0.1, -0.05) is 153 Å². The number of hydrogen-bond donors (Lipinski definition) is 2. The fourth-order valence-electron chi connectivity index (χ4n) is 15.2. The predicted molar refractivity (Wildman–Crippen MR) is 440 cm³/mol. The predicted octanol–water partition coefficient (Wildman–Crippen LogP) is 21.8. The van der Waals surface area contributed by atoms with E-state index in [-0.39, 0.29) is 84.2 Å². The maximum atomic E-state index is 12.5. The van der Waals surface area contributed by atoms with Gasteiger partial charge in [-0.25, -0.2) is 19.2 Å². The maximum Gasteiger partial charge on any atom is 2.00 e. The Morgan fingerprint density at radius 2 is 1.07 bits per heavy atom. The molecule has 4 fully saturated rings. The number of allylic oxidation sites excluding steroid dienone is 1. The summed E-state index contributed by atoms with van der Waals surface area (Å²) in [6, 6.07) is 50.3. The molecule has 2 aliphatic carbocycles. The number of anilines is 1. The fraction of sp³-hybridized carbons (Fsp3) is 0.494. The van der Waals surface area contributed by atoms with Gasteiger partial charge >= 0.3 is 44.5 Å². The minimum Gasteiger partial charge on any atom is -0.490 e. The minimum atomic E-state index is -0.485. The number of nitrogen functional groups attached to an aromatic ring is 1. The fourth-order valence-corrected chi connectivity index (χ4v) is 19.6. The van der Waals surface area contributed by atoms with Crippen molar-refractivity contribution in [2.45, 2.75) is 234 Å². The van der Waals surface area contributed by atoms with Crippen LogP contribution in [-0.4, -0.2) is 120 Å². The molecule has 2 atom stereocenters. The van der Waals surface area contributed by atoms with Crippen LogP contribution < -0.4 is 25.8 Å². The van der Waals surface area contributed by atoms with Gasteiger partial charge < -0.3 is 61.3 Å². The number of nitrogens with zero attached hydrogens (tertiary/aromatic N) is 3. The van der Waals surface area contributed by atoms with Crippen LogP contribution in [0, 0.1) is 32.3 Å². The van der Waals surface area contributed by atoms with Gasteiger partial charge in [-0.05, 0) is 218 Å². The van der Waals surface area contributed by atoms with Crippen LogP contribution >= 0.6 is 23.9 Å². The number of esters is 2. The number of nitrogens with one attached hydrogen (secondary N) is 1. The van der Waals surface area contributed by atoms with Crippen LogP contribution in [0.5, 0.6) is 11.5 Å². The van der Waals surface area contributed by atoms with E-state index in [2.05, 4.69) is 122 Å². The Morgan fingerprint density at radius 1 is 0.589 bits per heavy atom. The largest absolute Gasteiger partial charge is 2.00 e. The average Bonchev–Trinajstić information content (AvgIpc) is 1.59. The summed E-state index contributed by atoms with van der Waals surface area (Å²) in [5, 5.41) is 6.02. The number of nitrogens with two attached hydrogens (primary N) is 1. The molecule has 3 heterocycles. The van der Waals surface area contributed by atoms with E-state index in [0.717, 1.165) is 103 Å². The zero-order valence-corrected chi connectivity index (χ0v) is 70.8. The molecule has 1 aromatic heterocycles. The zero-order chi connectivity index (χ0) is 76.1. The number of fused-ring (bicyclic) bond motifs is 1. The molecule has 2 unspecified atom stereocenters. The molecule has 4 aliphatic rings. The van der Waals surface area contributed by atoms with Gasteiger partial charge in [-0.3, -0.25) is 0 Å².